The molecular weight excluding hydrogens is 781 g/mol. The van der Waals surface area contributed by atoms with Crippen LogP contribution < -0.4 is 5.32 Å². The van der Waals surface area contributed by atoms with E-state index in [1.807, 2.05) is 11.8 Å². The van der Waals surface area contributed by atoms with Gasteiger partial charge in [-0.25, -0.2) is 18.8 Å². The lowest BCUT2D eigenvalue weighted by molar-refractivity contribution is -0.295. The molecule has 3 fully saturated rings. The Bertz CT molecular complexity index is 1650. The Morgan fingerprint density at radius 3 is 2.29 bits per heavy atom. The van der Waals surface area contributed by atoms with E-state index in [0.717, 1.165) is 6.92 Å². The first-order chi connectivity index (χ1) is 27.0. The highest BCUT2D eigenvalue weighted by Gasteiger charge is 2.61. The van der Waals surface area contributed by atoms with Crippen LogP contribution in [0.15, 0.2) is 24.3 Å². The molecule has 0 aliphatic carbocycles. The molecule has 13 atom stereocenters. The van der Waals surface area contributed by atoms with Gasteiger partial charge in [-0.2, -0.15) is 0 Å². The predicted octanol–water partition coefficient (Wildman–Crippen LogP) is 5.57. The number of amides is 2. The third kappa shape index (κ3) is 9.95. The number of carbonyl (C=O) groups is 5. The third-order valence-electron chi connectivity index (χ3n) is 12.0. The van der Waals surface area contributed by atoms with E-state index < -0.39 is 89.2 Å². The van der Waals surface area contributed by atoms with Gasteiger partial charge in [0.2, 0.25) is 0 Å². The van der Waals surface area contributed by atoms with E-state index in [1.165, 1.54) is 25.9 Å². The van der Waals surface area contributed by atoms with Gasteiger partial charge < -0.3 is 43.3 Å². The van der Waals surface area contributed by atoms with Gasteiger partial charge in [-0.1, -0.05) is 39.3 Å². The first kappa shape index (κ1) is 47.3. The number of likely N-dealkylation sites (N-methyl/N-ethyl adjacent to an activating group) is 1. The number of esters is 1. The lowest BCUT2D eigenvalue weighted by Crippen LogP contribution is -2.61. The number of benzene rings is 1. The highest BCUT2D eigenvalue weighted by atomic mass is 35.5. The molecule has 3 aliphatic heterocycles. The Morgan fingerprint density at radius 2 is 1.71 bits per heavy atom. The molecule has 3 aliphatic rings. The molecule has 0 spiro atoms. The summed E-state index contributed by atoms with van der Waals surface area (Å²) in [6.07, 6.45) is -6.40. The topological polar surface area (TPSA) is 179 Å². The van der Waals surface area contributed by atoms with Crippen LogP contribution in [0, 0.1) is 17.8 Å². The summed E-state index contributed by atoms with van der Waals surface area (Å²) in [7, 11) is 4.98. The minimum absolute atomic E-state index is 0.0255. The van der Waals surface area contributed by atoms with Crippen LogP contribution in [-0.2, 0) is 42.8 Å². The van der Waals surface area contributed by atoms with Crippen LogP contribution in [0.2, 0.25) is 5.02 Å². The molecule has 3 saturated heterocycles. The second-order valence-corrected chi connectivity index (χ2v) is 17.1. The van der Waals surface area contributed by atoms with Crippen molar-refractivity contribution >= 4 is 47.0 Å². The summed E-state index contributed by atoms with van der Waals surface area (Å²) < 4.78 is 52.5. The zero-order valence-electron chi connectivity index (χ0n) is 35.4. The predicted molar refractivity (Wildman–Crippen MR) is 211 cm³/mol. The fourth-order valence-corrected chi connectivity index (χ4v) is 8.93. The number of rotatable bonds is 10. The summed E-state index contributed by atoms with van der Waals surface area (Å²) in [5.74, 6) is -6.13. The zero-order chi connectivity index (χ0) is 43.5. The zero-order valence-corrected chi connectivity index (χ0v) is 36.2. The van der Waals surface area contributed by atoms with Gasteiger partial charge in [0.1, 0.15) is 18.0 Å². The van der Waals surface area contributed by atoms with Crippen molar-refractivity contribution in [2.24, 2.45) is 17.8 Å². The first-order valence-corrected chi connectivity index (χ1v) is 20.3. The Kier molecular flexibility index (Phi) is 15.4. The molecule has 0 aromatic heterocycles. The summed E-state index contributed by atoms with van der Waals surface area (Å²) in [5, 5.41) is 14.5. The molecule has 1 aromatic rings. The van der Waals surface area contributed by atoms with Gasteiger partial charge in [0.05, 0.1) is 30.5 Å². The fraction of sp³-hybridized carbons (Fsp3) is 0.732. The molecule has 4 rings (SSSR count). The highest BCUT2D eigenvalue weighted by Crippen LogP contribution is 2.43. The number of carbonyl (C=O) groups excluding carboxylic acids is 5. The standard InChI is InChI=1S/C41H61ClFN3O12/c1-12-29-41(8)32(46(38(52)58-41)18-13-19-54-37(51)44-27-16-14-26(42)15-17-27)24(4)30(47)22(2)21-39(6,53-11)34(25(5)33(49)40(7,43)36(50)56-29)57-35-31(48)28(45(9)10)20-23(3)55-35/h14-17,22-25,28-29,31-32,34-35,48H,12-13,18-21H2,1-11H3,(H,44,51)/t22-,23-,24+,25+,28+,29-,31-,32-,34-,35+,39-,40+,41-/m1/s1. The number of nitrogens with zero attached hydrogens (tertiary/aromatic N) is 2. The van der Waals surface area contributed by atoms with Crippen LogP contribution in [0.3, 0.4) is 0 Å². The van der Waals surface area contributed by atoms with E-state index in [4.69, 9.17) is 40.0 Å². The number of hydrogen-bond donors (Lipinski definition) is 2. The Balaban J connectivity index is 1.68. The molecule has 1 aromatic carbocycles. The number of alkyl halides is 1. The second-order valence-electron chi connectivity index (χ2n) is 16.7. The molecule has 2 N–H and O–H groups in total. The second kappa shape index (κ2) is 18.9. The fourth-order valence-electron chi connectivity index (χ4n) is 8.80. The van der Waals surface area contributed by atoms with Gasteiger partial charge in [0.15, 0.2) is 17.7 Å². The number of hydrogen-bond acceptors (Lipinski definition) is 13. The molecule has 0 bridgehead atoms. The van der Waals surface area contributed by atoms with Crippen molar-refractivity contribution in [2.75, 3.05) is 39.7 Å². The van der Waals surface area contributed by atoms with Crippen LogP contribution in [-0.4, -0.2) is 139 Å². The molecular formula is C41H61ClFN3O12. The number of fused-ring (bicyclic) bond motifs is 1. The molecule has 0 unspecified atom stereocenters. The van der Waals surface area contributed by atoms with Crippen LogP contribution in [0.5, 0.6) is 0 Å². The third-order valence-corrected chi connectivity index (χ3v) is 12.3. The molecule has 58 heavy (non-hydrogen) atoms. The van der Waals surface area contributed by atoms with Crippen LogP contribution >= 0.6 is 11.6 Å². The molecule has 0 saturated carbocycles. The van der Waals surface area contributed by atoms with E-state index in [2.05, 4.69) is 5.32 Å². The maximum Gasteiger partial charge on any atom is 0.411 e. The van der Waals surface area contributed by atoms with Gasteiger partial charge in [-0.3, -0.25) is 14.9 Å². The van der Waals surface area contributed by atoms with Gasteiger partial charge in [0, 0.05) is 48.2 Å². The van der Waals surface area contributed by atoms with Crippen molar-refractivity contribution in [3.63, 3.8) is 0 Å². The van der Waals surface area contributed by atoms with Gasteiger partial charge in [-0.15, -0.1) is 0 Å². The molecule has 3 heterocycles. The number of ketones is 2. The van der Waals surface area contributed by atoms with Gasteiger partial charge in [0.25, 0.3) is 5.67 Å². The summed E-state index contributed by atoms with van der Waals surface area (Å²) in [4.78, 5) is 72.0. The normalized spacial score (nSPS) is 37.8. The van der Waals surface area contributed by atoms with Crippen molar-refractivity contribution in [2.45, 2.75) is 141 Å². The lowest BCUT2D eigenvalue weighted by Gasteiger charge is -2.47. The smallest absolute Gasteiger partial charge is 0.411 e. The van der Waals surface area contributed by atoms with Gasteiger partial charge >= 0.3 is 18.2 Å². The van der Waals surface area contributed by atoms with Gasteiger partial charge in [-0.05, 0) is 91.7 Å². The number of Topliss-reactive ketones (excluding diaryl/α,β-unsaturated/α-hetero) is 2. The molecule has 17 heteroatoms. The summed E-state index contributed by atoms with van der Waals surface area (Å²) >= 11 is 5.92. The molecule has 2 amide bonds. The number of halogens is 2. The van der Waals surface area contributed by atoms with E-state index in [9.17, 15) is 29.1 Å². The number of ether oxygens (including phenoxy) is 6. The minimum atomic E-state index is -3.22. The average Bonchev–Trinajstić information content (AvgIpc) is 3.43. The SMILES string of the molecule is CC[C@H]1OC(=O)[C@@](C)(F)C(=O)[C@H](C)[C@@H](O[C@@H]2O[C@H](C)C[C@H](N(C)C)[C@H]2O)[C@](C)(OC)C[C@@H](C)C(=O)[C@H](C)[C@H]2N(CCCOC(=O)Nc3ccc(Cl)cc3)C(=O)O[C@]12C. The summed E-state index contributed by atoms with van der Waals surface area (Å²) in [5.41, 5.74) is -5.93. The van der Waals surface area contributed by atoms with Crippen molar-refractivity contribution in [3.8, 4) is 0 Å². The number of aliphatic hydroxyl groups is 1. The number of nitrogens with one attached hydrogen (secondary N) is 1. The Morgan fingerprint density at radius 1 is 1.07 bits per heavy atom. The van der Waals surface area contributed by atoms with Crippen molar-refractivity contribution in [1.29, 1.82) is 0 Å². The molecule has 326 valence electrons. The summed E-state index contributed by atoms with van der Waals surface area (Å²) in [6.45, 7) is 12.0. The van der Waals surface area contributed by atoms with E-state index in [0.29, 0.717) is 17.1 Å². The lowest BCUT2D eigenvalue weighted by atomic mass is 9.73. The van der Waals surface area contributed by atoms with Crippen molar-refractivity contribution in [1.82, 2.24) is 9.80 Å². The highest BCUT2D eigenvalue weighted by molar-refractivity contribution is 6.30. The maximum absolute atomic E-state index is 16.8. The number of methoxy groups -OCH3 is 1. The van der Waals surface area contributed by atoms with Crippen LogP contribution in [0.25, 0.3) is 0 Å². The van der Waals surface area contributed by atoms with Crippen molar-refractivity contribution < 1.29 is 61.9 Å². The Labute approximate surface area is 345 Å². The van der Waals surface area contributed by atoms with E-state index in [1.54, 1.807) is 66.1 Å². The summed E-state index contributed by atoms with van der Waals surface area (Å²) in [6, 6.07) is 5.00. The van der Waals surface area contributed by atoms with E-state index >= 15 is 4.39 Å². The Hall–Kier alpha value is -3.41. The first-order valence-electron chi connectivity index (χ1n) is 19.9. The maximum atomic E-state index is 16.8. The number of anilines is 1. The quantitative estimate of drug-likeness (QED) is 0.129. The van der Waals surface area contributed by atoms with E-state index in [-0.39, 0.29) is 50.3 Å². The van der Waals surface area contributed by atoms with Crippen LogP contribution in [0.1, 0.15) is 81.1 Å². The monoisotopic (exact) mass is 841 g/mol. The van der Waals surface area contributed by atoms with Crippen molar-refractivity contribution in [3.05, 3.63) is 29.3 Å². The number of cyclic esters (lactones) is 1. The largest absolute Gasteiger partial charge is 0.455 e. The van der Waals surface area contributed by atoms with Crippen LogP contribution in [0.4, 0.5) is 19.7 Å². The molecule has 15 nitrogen and oxygen atoms in total. The number of aliphatic hydroxyl groups excluding tert-OH is 1. The minimum Gasteiger partial charge on any atom is -0.455 e. The average molecular weight is 842 g/mol. The molecule has 0 radical (unpaired) electrons.